The number of carboxylic acid groups (broad SMARTS) is 1. The third kappa shape index (κ3) is 5.58. The third-order valence-electron chi connectivity index (χ3n) is 5.02. The Morgan fingerprint density at radius 3 is 2.73 bits per heavy atom. The first-order valence-electron chi connectivity index (χ1n) is 9.96. The number of halogens is 1. The fourth-order valence-corrected chi connectivity index (χ4v) is 6.39. The predicted molar refractivity (Wildman–Crippen MR) is 141 cm³/mol. The molecule has 19 heteroatoms. The number of aryl methyl sites for hydroxylation is 1. The second kappa shape index (κ2) is 11.5. The van der Waals surface area contributed by atoms with Crippen LogP contribution in [0.25, 0.3) is 0 Å². The number of carboxylic acids is 1. The van der Waals surface area contributed by atoms with Crippen LogP contribution in [0.3, 0.4) is 0 Å². The van der Waals surface area contributed by atoms with Gasteiger partial charge < -0.3 is 21.0 Å². The summed E-state index contributed by atoms with van der Waals surface area (Å²) in [7, 11) is 2.74. The van der Waals surface area contributed by atoms with Crippen LogP contribution in [0.5, 0.6) is 0 Å². The molecule has 2 aliphatic heterocycles. The number of amides is 2. The summed E-state index contributed by atoms with van der Waals surface area (Å²) in [5.74, 6) is -2.30. The van der Waals surface area contributed by atoms with Crippen LogP contribution in [0.4, 0.5) is 5.13 Å². The minimum atomic E-state index is -1.31. The highest BCUT2D eigenvalue weighted by Gasteiger charge is 2.54. The van der Waals surface area contributed by atoms with Crippen molar-refractivity contribution in [3.8, 4) is 0 Å². The molecule has 0 radical (unpaired) electrons. The Hall–Kier alpha value is -3.16. The summed E-state index contributed by atoms with van der Waals surface area (Å²) in [5, 5.41) is 19.6. The van der Waals surface area contributed by atoms with Crippen molar-refractivity contribution in [1.82, 2.24) is 30.0 Å². The number of H-pyrrole nitrogens is 1. The molecule has 4 heterocycles. The Kier molecular flexibility index (Phi) is 8.82. The number of thioether (sulfide) groups is 2. The van der Waals surface area contributed by atoms with Gasteiger partial charge in [0.05, 0.1) is 0 Å². The fraction of sp³-hybridized carbons (Fsp3) is 0.333. The lowest BCUT2D eigenvalue weighted by Crippen LogP contribution is -2.71. The number of nitrogen functional groups attached to an aromatic ring is 1. The van der Waals surface area contributed by atoms with E-state index in [0.717, 1.165) is 28.0 Å². The Bertz CT molecular complexity index is 1430. The molecule has 0 spiro atoms. The van der Waals surface area contributed by atoms with Crippen LogP contribution >= 0.6 is 51.8 Å². The van der Waals surface area contributed by atoms with Crippen molar-refractivity contribution in [1.29, 1.82) is 0 Å². The SMILES string of the molecule is Br.CON=C(C(=O)N[C@@H]1C(=O)N2C(C(=O)O)=C(CSc3nc(=O)c(=O)[nH]n3C)CS[C@H]12)c1csc(N)n1. The van der Waals surface area contributed by atoms with Crippen LogP contribution in [-0.4, -0.2) is 83.3 Å². The number of fused-ring (bicyclic) bond motifs is 1. The lowest BCUT2D eigenvalue weighted by Gasteiger charge is -2.49. The molecule has 5 N–H and O–H groups in total. The van der Waals surface area contributed by atoms with Crippen LogP contribution < -0.4 is 22.2 Å². The van der Waals surface area contributed by atoms with Gasteiger partial charge in [0.1, 0.15) is 29.9 Å². The number of β-lactam (4-membered cyclic amide) rings is 1. The van der Waals surface area contributed by atoms with E-state index >= 15 is 0 Å². The molecule has 2 aliphatic rings. The molecule has 198 valence electrons. The van der Waals surface area contributed by atoms with Crippen LogP contribution in [-0.2, 0) is 26.3 Å². The molecule has 15 nitrogen and oxygen atoms in total. The van der Waals surface area contributed by atoms with E-state index in [1.807, 2.05) is 0 Å². The lowest BCUT2D eigenvalue weighted by molar-refractivity contribution is -0.150. The van der Waals surface area contributed by atoms with Gasteiger partial charge in [-0.15, -0.1) is 40.1 Å². The van der Waals surface area contributed by atoms with Gasteiger partial charge in [-0.3, -0.25) is 33.9 Å². The second-order valence-corrected chi connectivity index (χ2v) is 10.2. The Morgan fingerprint density at radius 1 is 1.38 bits per heavy atom. The van der Waals surface area contributed by atoms with Crippen molar-refractivity contribution in [2.75, 3.05) is 24.3 Å². The highest BCUT2D eigenvalue weighted by Crippen LogP contribution is 2.41. The predicted octanol–water partition coefficient (Wildman–Crippen LogP) is -1.03. The number of carbonyl (C=O) groups excluding carboxylic acids is 2. The van der Waals surface area contributed by atoms with Crippen LogP contribution in [0.1, 0.15) is 5.69 Å². The van der Waals surface area contributed by atoms with Gasteiger partial charge >= 0.3 is 17.1 Å². The molecule has 0 saturated carbocycles. The molecule has 0 aromatic carbocycles. The van der Waals surface area contributed by atoms with E-state index in [0.29, 0.717) is 5.57 Å². The summed E-state index contributed by atoms with van der Waals surface area (Å²) in [6.45, 7) is 0. The van der Waals surface area contributed by atoms with Gasteiger partial charge in [-0.25, -0.2) is 9.78 Å². The molecule has 2 amide bonds. The zero-order chi connectivity index (χ0) is 26.1. The van der Waals surface area contributed by atoms with Crippen molar-refractivity contribution in [2.45, 2.75) is 16.6 Å². The summed E-state index contributed by atoms with van der Waals surface area (Å²) in [6.07, 6.45) is 0. The molecule has 2 atom stereocenters. The number of aromatic nitrogens is 4. The highest BCUT2D eigenvalue weighted by molar-refractivity contribution is 8.93. The normalized spacial score (nSPS) is 19.0. The average Bonchev–Trinajstić information content (AvgIpc) is 3.27. The standard InChI is InChI=1S/C18H18N8O7S3.BrH/c1-25-18(22-12(28)13(29)23-25)36-4-6-3-34-15-9(14(30)26(15)10(6)16(31)32)21-11(27)8(24-33-2)7-5-35-17(19)20-7;/h5,9,15H,3-4H2,1-2H3,(H2,19,20)(H,21,27)(H,23,29)(H,31,32);1H/t9-,15-;/m1./s1. The first-order valence-corrected chi connectivity index (χ1v) is 12.9. The van der Waals surface area contributed by atoms with E-state index in [1.165, 1.54) is 36.0 Å². The maximum atomic E-state index is 12.9. The Labute approximate surface area is 230 Å². The Balaban J connectivity index is 0.00000380. The minimum Gasteiger partial charge on any atom is -0.477 e. The third-order valence-corrected chi connectivity index (χ3v) is 8.15. The van der Waals surface area contributed by atoms with Crippen molar-refractivity contribution in [2.24, 2.45) is 12.2 Å². The van der Waals surface area contributed by atoms with E-state index in [2.05, 4.69) is 25.5 Å². The van der Waals surface area contributed by atoms with Crippen molar-refractivity contribution < 1.29 is 24.3 Å². The van der Waals surface area contributed by atoms with Crippen molar-refractivity contribution in [3.63, 3.8) is 0 Å². The first kappa shape index (κ1) is 28.4. The van der Waals surface area contributed by atoms with Crippen LogP contribution in [0, 0.1) is 0 Å². The molecular weight excluding hydrogens is 616 g/mol. The topological polar surface area (TPSA) is 215 Å². The number of nitrogens with one attached hydrogen (secondary N) is 2. The van der Waals surface area contributed by atoms with Crippen LogP contribution in [0.2, 0.25) is 0 Å². The number of hydrogen-bond acceptors (Lipinski definition) is 13. The summed E-state index contributed by atoms with van der Waals surface area (Å²) < 4.78 is 1.25. The number of rotatable bonds is 8. The van der Waals surface area contributed by atoms with Gasteiger partial charge in [0, 0.05) is 23.9 Å². The highest BCUT2D eigenvalue weighted by atomic mass is 79.9. The molecule has 2 aromatic heterocycles. The summed E-state index contributed by atoms with van der Waals surface area (Å²) in [6, 6.07) is -0.995. The zero-order valence-corrected chi connectivity index (χ0v) is 23.2. The summed E-state index contributed by atoms with van der Waals surface area (Å²) in [5.41, 5.74) is 4.00. The molecule has 0 unspecified atom stereocenters. The molecule has 0 bridgehead atoms. The van der Waals surface area contributed by atoms with E-state index < -0.39 is 40.3 Å². The zero-order valence-electron chi connectivity index (χ0n) is 19.0. The number of oxime groups is 1. The monoisotopic (exact) mass is 634 g/mol. The van der Waals surface area contributed by atoms with Crippen molar-refractivity contribution in [3.05, 3.63) is 43.1 Å². The van der Waals surface area contributed by atoms with Crippen LogP contribution in [0.15, 0.2) is 36.6 Å². The molecule has 0 aliphatic carbocycles. The van der Waals surface area contributed by atoms with Gasteiger partial charge in [0.15, 0.2) is 16.0 Å². The van der Waals surface area contributed by atoms with Gasteiger partial charge in [0.25, 0.3) is 11.8 Å². The smallest absolute Gasteiger partial charge is 0.352 e. The number of nitrogens with zero attached hydrogens (tertiary/aromatic N) is 5. The summed E-state index contributed by atoms with van der Waals surface area (Å²) >= 11 is 3.41. The van der Waals surface area contributed by atoms with Crippen molar-refractivity contribution >= 4 is 80.5 Å². The lowest BCUT2D eigenvalue weighted by atomic mass is 10.0. The van der Waals surface area contributed by atoms with E-state index in [4.69, 9.17) is 10.6 Å². The number of aliphatic carboxylic acids is 1. The maximum Gasteiger partial charge on any atom is 0.352 e. The molecule has 2 aromatic rings. The van der Waals surface area contributed by atoms with Gasteiger partial charge in [-0.2, -0.15) is 4.98 Å². The fourth-order valence-electron chi connectivity index (χ4n) is 3.44. The number of thiazole rings is 1. The first-order chi connectivity index (χ1) is 17.1. The average molecular weight is 636 g/mol. The Morgan fingerprint density at radius 2 is 2.11 bits per heavy atom. The number of carbonyl (C=O) groups is 3. The molecule has 1 fully saturated rings. The van der Waals surface area contributed by atoms with Gasteiger partial charge in [-0.05, 0) is 5.57 Å². The van der Waals surface area contributed by atoms with E-state index in [9.17, 15) is 29.1 Å². The van der Waals surface area contributed by atoms with E-state index in [1.54, 1.807) is 0 Å². The molecule has 37 heavy (non-hydrogen) atoms. The minimum absolute atomic E-state index is 0. The number of hydrogen-bond donors (Lipinski definition) is 4. The maximum absolute atomic E-state index is 12.9. The number of nitrogens with two attached hydrogens (primary N) is 1. The second-order valence-electron chi connectivity index (χ2n) is 7.30. The molecule has 1 saturated heterocycles. The van der Waals surface area contributed by atoms with Gasteiger partial charge in [0.2, 0.25) is 0 Å². The van der Waals surface area contributed by atoms with Gasteiger partial charge in [-0.1, -0.05) is 16.9 Å². The molecule has 4 rings (SSSR count). The largest absolute Gasteiger partial charge is 0.477 e. The number of aromatic amines is 1. The van der Waals surface area contributed by atoms with E-state index in [-0.39, 0.29) is 55.9 Å². The molecular formula is C18H19BrN8O7S3. The summed E-state index contributed by atoms with van der Waals surface area (Å²) in [4.78, 5) is 74.3. The number of anilines is 1. The quantitative estimate of drug-likeness (QED) is 0.0901.